The van der Waals surface area contributed by atoms with E-state index in [1.807, 2.05) is 13.8 Å². The van der Waals surface area contributed by atoms with Crippen LogP contribution >= 0.6 is 0 Å². The standard InChI is InChI=1S/C14H16F3N3O/c1-8(2)5-11(19)13(21)20-12-4-3-9(7-18)6-10(12)14(15,16)17/h3-4,6,8,11H,5,19H2,1-2H3,(H,20,21)/t11-/m1/s1. The summed E-state index contributed by atoms with van der Waals surface area (Å²) >= 11 is 0. The quantitative estimate of drug-likeness (QED) is 0.897. The van der Waals surface area contributed by atoms with Gasteiger partial charge in [-0.25, -0.2) is 0 Å². The van der Waals surface area contributed by atoms with Crippen molar-refractivity contribution in [1.29, 1.82) is 5.26 Å². The highest BCUT2D eigenvalue weighted by atomic mass is 19.4. The Morgan fingerprint density at radius 3 is 2.52 bits per heavy atom. The molecule has 0 heterocycles. The fourth-order valence-electron chi connectivity index (χ4n) is 1.80. The van der Waals surface area contributed by atoms with E-state index in [9.17, 15) is 18.0 Å². The Hall–Kier alpha value is -2.07. The number of anilines is 1. The smallest absolute Gasteiger partial charge is 0.324 e. The van der Waals surface area contributed by atoms with E-state index in [4.69, 9.17) is 11.0 Å². The maximum absolute atomic E-state index is 12.9. The number of hydrogen-bond acceptors (Lipinski definition) is 3. The van der Waals surface area contributed by atoms with Gasteiger partial charge in [-0.1, -0.05) is 13.8 Å². The number of nitrogens with two attached hydrogens (primary N) is 1. The highest BCUT2D eigenvalue weighted by molar-refractivity contribution is 5.95. The van der Waals surface area contributed by atoms with Crippen molar-refractivity contribution in [2.75, 3.05) is 5.32 Å². The van der Waals surface area contributed by atoms with E-state index < -0.39 is 29.4 Å². The van der Waals surface area contributed by atoms with Crippen LogP contribution in [0.2, 0.25) is 0 Å². The van der Waals surface area contributed by atoms with Gasteiger partial charge in [-0.05, 0) is 30.5 Å². The average Bonchev–Trinajstić information content (AvgIpc) is 2.37. The van der Waals surface area contributed by atoms with Crippen LogP contribution in [-0.4, -0.2) is 11.9 Å². The molecule has 0 radical (unpaired) electrons. The van der Waals surface area contributed by atoms with E-state index in [0.29, 0.717) is 12.5 Å². The maximum Gasteiger partial charge on any atom is 0.418 e. The topological polar surface area (TPSA) is 78.9 Å². The van der Waals surface area contributed by atoms with Crippen molar-refractivity contribution < 1.29 is 18.0 Å². The predicted octanol–water partition coefficient (Wildman–Crippen LogP) is 2.89. The van der Waals surface area contributed by atoms with E-state index in [-0.39, 0.29) is 11.5 Å². The molecule has 0 aliphatic rings. The number of benzene rings is 1. The molecule has 0 aliphatic carbocycles. The molecule has 0 aliphatic heterocycles. The molecule has 7 heteroatoms. The molecule has 0 spiro atoms. The average molecular weight is 299 g/mol. The minimum Gasteiger partial charge on any atom is -0.324 e. The summed E-state index contributed by atoms with van der Waals surface area (Å²) in [6.07, 6.45) is -4.30. The molecule has 0 aromatic heterocycles. The van der Waals surface area contributed by atoms with E-state index in [2.05, 4.69) is 5.32 Å². The number of nitriles is 1. The van der Waals surface area contributed by atoms with Crippen molar-refractivity contribution in [2.45, 2.75) is 32.5 Å². The molecule has 3 N–H and O–H groups in total. The fourth-order valence-corrected chi connectivity index (χ4v) is 1.80. The Balaban J connectivity index is 3.03. The number of rotatable bonds is 4. The normalized spacial score (nSPS) is 12.9. The Morgan fingerprint density at radius 1 is 1.43 bits per heavy atom. The lowest BCUT2D eigenvalue weighted by Gasteiger charge is -2.17. The number of carbonyl (C=O) groups excluding carboxylic acids is 1. The van der Waals surface area contributed by atoms with Crippen molar-refractivity contribution in [3.63, 3.8) is 0 Å². The number of nitrogens with one attached hydrogen (secondary N) is 1. The lowest BCUT2D eigenvalue weighted by atomic mass is 10.0. The van der Waals surface area contributed by atoms with Crippen LogP contribution in [0.1, 0.15) is 31.4 Å². The van der Waals surface area contributed by atoms with E-state index in [1.165, 1.54) is 6.07 Å². The zero-order valence-electron chi connectivity index (χ0n) is 11.7. The van der Waals surface area contributed by atoms with Crippen molar-refractivity contribution >= 4 is 11.6 Å². The Labute approximate surface area is 120 Å². The molecule has 0 unspecified atom stereocenters. The van der Waals surface area contributed by atoms with Gasteiger partial charge in [-0.2, -0.15) is 18.4 Å². The van der Waals surface area contributed by atoms with Crippen LogP contribution < -0.4 is 11.1 Å². The first-order valence-corrected chi connectivity index (χ1v) is 6.33. The molecule has 0 saturated carbocycles. The highest BCUT2D eigenvalue weighted by Crippen LogP contribution is 2.35. The monoisotopic (exact) mass is 299 g/mol. The van der Waals surface area contributed by atoms with Crippen molar-refractivity contribution in [3.8, 4) is 6.07 Å². The molecular weight excluding hydrogens is 283 g/mol. The van der Waals surface area contributed by atoms with Gasteiger partial charge in [0.25, 0.3) is 0 Å². The van der Waals surface area contributed by atoms with Crippen molar-refractivity contribution in [3.05, 3.63) is 29.3 Å². The third kappa shape index (κ3) is 4.76. The predicted molar refractivity (Wildman–Crippen MR) is 72.2 cm³/mol. The summed E-state index contributed by atoms with van der Waals surface area (Å²) in [5.41, 5.74) is 4.04. The van der Waals surface area contributed by atoms with Crippen LogP contribution in [0.15, 0.2) is 18.2 Å². The Kier molecular flexibility index (Phi) is 5.33. The second-order valence-corrected chi connectivity index (χ2v) is 5.10. The number of nitrogens with zero attached hydrogens (tertiary/aromatic N) is 1. The number of amides is 1. The largest absolute Gasteiger partial charge is 0.418 e. The lowest BCUT2D eigenvalue weighted by Crippen LogP contribution is -2.37. The summed E-state index contributed by atoms with van der Waals surface area (Å²) in [5, 5.41) is 10.8. The first kappa shape index (κ1) is 17.0. The molecule has 0 saturated heterocycles. The van der Waals surface area contributed by atoms with Crippen molar-refractivity contribution in [1.82, 2.24) is 0 Å². The van der Waals surface area contributed by atoms with Gasteiger partial charge in [0.1, 0.15) is 0 Å². The van der Waals surface area contributed by atoms with Gasteiger partial charge in [0.15, 0.2) is 0 Å². The summed E-state index contributed by atoms with van der Waals surface area (Å²) in [6, 6.07) is 3.71. The zero-order chi connectivity index (χ0) is 16.2. The highest BCUT2D eigenvalue weighted by Gasteiger charge is 2.34. The molecule has 0 fully saturated rings. The molecular formula is C14H16F3N3O. The molecule has 0 bridgehead atoms. The lowest BCUT2D eigenvalue weighted by molar-refractivity contribution is -0.137. The first-order chi connectivity index (χ1) is 9.65. The molecule has 1 atom stereocenters. The third-order valence-corrected chi connectivity index (χ3v) is 2.77. The number of halogens is 3. The number of hydrogen-bond donors (Lipinski definition) is 2. The second-order valence-electron chi connectivity index (χ2n) is 5.10. The van der Waals surface area contributed by atoms with Gasteiger partial charge in [-0.15, -0.1) is 0 Å². The molecule has 4 nitrogen and oxygen atoms in total. The Bertz CT molecular complexity index is 562. The summed E-state index contributed by atoms with van der Waals surface area (Å²) in [4.78, 5) is 11.8. The van der Waals surface area contributed by atoms with Gasteiger partial charge in [-0.3, -0.25) is 4.79 Å². The van der Waals surface area contributed by atoms with Gasteiger partial charge < -0.3 is 11.1 Å². The van der Waals surface area contributed by atoms with Gasteiger partial charge in [0.2, 0.25) is 5.91 Å². The number of carbonyl (C=O) groups is 1. The van der Waals surface area contributed by atoms with Gasteiger partial charge in [0.05, 0.1) is 28.9 Å². The van der Waals surface area contributed by atoms with E-state index in [1.54, 1.807) is 6.07 Å². The molecule has 114 valence electrons. The molecule has 1 aromatic rings. The SMILES string of the molecule is CC(C)C[C@@H](N)C(=O)Nc1ccc(C#N)cc1C(F)(F)F. The second kappa shape index (κ2) is 6.59. The molecule has 21 heavy (non-hydrogen) atoms. The van der Waals surface area contributed by atoms with Gasteiger partial charge >= 0.3 is 6.18 Å². The van der Waals surface area contributed by atoms with Crippen LogP contribution in [0, 0.1) is 17.2 Å². The fraction of sp³-hybridized carbons (Fsp3) is 0.429. The van der Waals surface area contributed by atoms with Crippen LogP contribution in [0.5, 0.6) is 0 Å². The Morgan fingerprint density at radius 2 is 2.05 bits per heavy atom. The zero-order valence-corrected chi connectivity index (χ0v) is 11.7. The van der Waals surface area contributed by atoms with Crippen molar-refractivity contribution in [2.24, 2.45) is 11.7 Å². The summed E-state index contributed by atoms with van der Waals surface area (Å²) in [5.74, 6) is -0.535. The molecule has 1 aromatic carbocycles. The van der Waals surface area contributed by atoms with E-state index in [0.717, 1.165) is 6.07 Å². The minimum absolute atomic E-state index is 0.133. The van der Waals surface area contributed by atoms with Gasteiger partial charge in [0, 0.05) is 0 Å². The van der Waals surface area contributed by atoms with E-state index >= 15 is 0 Å². The van der Waals surface area contributed by atoms with Crippen LogP contribution in [0.25, 0.3) is 0 Å². The summed E-state index contributed by atoms with van der Waals surface area (Å²) in [7, 11) is 0. The third-order valence-electron chi connectivity index (χ3n) is 2.77. The number of alkyl halides is 3. The summed E-state index contributed by atoms with van der Waals surface area (Å²) < 4.78 is 38.8. The van der Waals surface area contributed by atoms with Crippen LogP contribution in [-0.2, 0) is 11.0 Å². The molecule has 1 rings (SSSR count). The van der Waals surface area contributed by atoms with Crippen LogP contribution in [0.4, 0.5) is 18.9 Å². The molecule has 1 amide bonds. The first-order valence-electron chi connectivity index (χ1n) is 6.33. The van der Waals surface area contributed by atoms with Crippen LogP contribution in [0.3, 0.4) is 0 Å². The summed E-state index contributed by atoms with van der Waals surface area (Å²) in [6.45, 7) is 3.71. The minimum atomic E-state index is -4.67. The maximum atomic E-state index is 12.9.